The van der Waals surface area contributed by atoms with Crippen LogP contribution in [0.3, 0.4) is 0 Å². The molecule has 2 aromatic carbocycles. The first-order valence-corrected chi connectivity index (χ1v) is 6.82. The van der Waals surface area contributed by atoms with Gasteiger partial charge in [0, 0.05) is 18.3 Å². The van der Waals surface area contributed by atoms with E-state index in [4.69, 9.17) is 4.74 Å². The van der Waals surface area contributed by atoms with Gasteiger partial charge in [-0.2, -0.15) is 0 Å². The number of hydrogen-bond donors (Lipinski definition) is 1. The molecule has 0 atom stereocenters. The van der Waals surface area contributed by atoms with Crippen LogP contribution in [-0.4, -0.2) is 6.61 Å². The van der Waals surface area contributed by atoms with E-state index >= 15 is 0 Å². The van der Waals surface area contributed by atoms with Crippen LogP contribution >= 0.6 is 0 Å². The van der Waals surface area contributed by atoms with Crippen LogP contribution in [0.4, 0.5) is 10.1 Å². The van der Waals surface area contributed by atoms with Gasteiger partial charge in [-0.15, -0.1) is 0 Å². The summed E-state index contributed by atoms with van der Waals surface area (Å²) in [5.41, 5.74) is 4.44. The fraction of sp³-hybridized carbons (Fsp3) is 0.294. The minimum absolute atomic E-state index is 0.296. The van der Waals surface area contributed by atoms with Gasteiger partial charge < -0.3 is 10.1 Å². The maximum atomic E-state index is 13.7. The van der Waals surface area contributed by atoms with Gasteiger partial charge in [0.05, 0.1) is 6.61 Å². The van der Waals surface area contributed by atoms with Gasteiger partial charge in [-0.1, -0.05) is 23.8 Å². The summed E-state index contributed by atoms with van der Waals surface area (Å²) in [5, 5.41) is 3.24. The Hall–Kier alpha value is -2.03. The summed E-state index contributed by atoms with van der Waals surface area (Å²) >= 11 is 0. The number of ether oxygens (including phenoxy) is 1. The van der Waals surface area contributed by atoms with Gasteiger partial charge in [0.1, 0.15) is 0 Å². The van der Waals surface area contributed by atoms with Gasteiger partial charge >= 0.3 is 0 Å². The molecule has 0 amide bonds. The van der Waals surface area contributed by atoms with E-state index in [1.165, 1.54) is 22.8 Å². The molecule has 20 heavy (non-hydrogen) atoms. The Labute approximate surface area is 119 Å². The third-order valence-corrected chi connectivity index (χ3v) is 3.22. The van der Waals surface area contributed by atoms with Crippen LogP contribution < -0.4 is 10.1 Å². The van der Waals surface area contributed by atoms with E-state index < -0.39 is 0 Å². The van der Waals surface area contributed by atoms with Crippen molar-refractivity contribution in [2.45, 2.75) is 27.3 Å². The Morgan fingerprint density at radius 3 is 2.60 bits per heavy atom. The molecule has 2 rings (SSSR count). The van der Waals surface area contributed by atoms with Crippen molar-refractivity contribution >= 4 is 5.69 Å². The topological polar surface area (TPSA) is 21.3 Å². The van der Waals surface area contributed by atoms with Crippen molar-refractivity contribution in [1.82, 2.24) is 0 Å². The molecule has 0 aliphatic rings. The van der Waals surface area contributed by atoms with Crippen LogP contribution in [0.2, 0.25) is 0 Å². The fourth-order valence-corrected chi connectivity index (χ4v) is 2.07. The van der Waals surface area contributed by atoms with Gasteiger partial charge in [0.25, 0.3) is 0 Å². The molecule has 0 radical (unpaired) electrons. The molecule has 0 saturated heterocycles. The lowest BCUT2D eigenvalue weighted by molar-refractivity contribution is 0.321. The second-order valence-electron chi connectivity index (χ2n) is 4.86. The molecule has 0 aliphatic carbocycles. The van der Waals surface area contributed by atoms with Gasteiger partial charge in [-0.25, -0.2) is 4.39 Å². The molecule has 2 aromatic rings. The van der Waals surface area contributed by atoms with Crippen LogP contribution in [0.1, 0.15) is 23.6 Å². The molecule has 0 aliphatic heterocycles. The van der Waals surface area contributed by atoms with Crippen LogP contribution in [0.15, 0.2) is 36.4 Å². The normalized spacial score (nSPS) is 10.4. The van der Waals surface area contributed by atoms with Crippen LogP contribution in [0.5, 0.6) is 5.75 Å². The highest BCUT2D eigenvalue weighted by Crippen LogP contribution is 2.22. The minimum atomic E-state index is -0.335. The molecular formula is C17H20FNO. The van der Waals surface area contributed by atoms with Crippen LogP contribution in [0.25, 0.3) is 0 Å². The predicted octanol–water partition coefficient (Wildman–Crippen LogP) is 4.45. The molecule has 2 nitrogen and oxygen atoms in total. The molecule has 0 unspecified atom stereocenters. The SMILES string of the molecule is CCOc1ccc(NCc2cc(C)ccc2C)cc1F. The van der Waals surface area contributed by atoms with Gasteiger partial charge in [-0.3, -0.25) is 0 Å². The summed E-state index contributed by atoms with van der Waals surface area (Å²) in [6.07, 6.45) is 0. The average molecular weight is 273 g/mol. The summed E-state index contributed by atoms with van der Waals surface area (Å²) in [7, 11) is 0. The van der Waals surface area contributed by atoms with Crippen LogP contribution in [-0.2, 0) is 6.54 Å². The molecular weight excluding hydrogens is 253 g/mol. The maximum Gasteiger partial charge on any atom is 0.167 e. The fourth-order valence-electron chi connectivity index (χ4n) is 2.07. The van der Waals surface area contributed by atoms with E-state index in [1.807, 2.05) is 13.0 Å². The standard InChI is InChI=1S/C17H20FNO/c1-4-20-17-8-7-15(10-16(17)18)19-11-14-9-12(2)5-6-13(14)3/h5-10,19H,4,11H2,1-3H3. The zero-order chi connectivity index (χ0) is 14.5. The molecule has 0 spiro atoms. The lowest BCUT2D eigenvalue weighted by Crippen LogP contribution is -2.03. The van der Waals surface area contributed by atoms with Crippen molar-refractivity contribution in [3.8, 4) is 5.75 Å². The highest BCUT2D eigenvalue weighted by Gasteiger charge is 2.05. The van der Waals surface area contributed by atoms with E-state index in [0.717, 1.165) is 5.69 Å². The summed E-state index contributed by atoms with van der Waals surface area (Å²) in [6, 6.07) is 11.3. The molecule has 0 aromatic heterocycles. The lowest BCUT2D eigenvalue weighted by atomic mass is 10.1. The first-order chi connectivity index (χ1) is 9.60. The summed E-state index contributed by atoms with van der Waals surface area (Å²) in [6.45, 7) is 7.13. The molecule has 0 saturated carbocycles. The maximum absolute atomic E-state index is 13.7. The quantitative estimate of drug-likeness (QED) is 0.868. The zero-order valence-corrected chi connectivity index (χ0v) is 12.2. The number of halogens is 1. The zero-order valence-electron chi connectivity index (χ0n) is 12.2. The number of nitrogens with one attached hydrogen (secondary N) is 1. The van der Waals surface area contributed by atoms with E-state index in [2.05, 4.69) is 37.4 Å². The van der Waals surface area contributed by atoms with Crippen molar-refractivity contribution in [3.05, 3.63) is 58.9 Å². The number of benzene rings is 2. The monoisotopic (exact) mass is 273 g/mol. The molecule has 3 heteroatoms. The largest absolute Gasteiger partial charge is 0.491 e. The summed E-state index contributed by atoms with van der Waals surface area (Å²) in [4.78, 5) is 0. The minimum Gasteiger partial charge on any atom is -0.491 e. The van der Waals surface area contributed by atoms with Gasteiger partial charge in [0.2, 0.25) is 0 Å². The molecule has 0 heterocycles. The smallest absolute Gasteiger partial charge is 0.167 e. The first kappa shape index (κ1) is 14.4. The Kier molecular flexibility index (Phi) is 4.61. The number of anilines is 1. The van der Waals surface area contributed by atoms with Crippen molar-refractivity contribution in [1.29, 1.82) is 0 Å². The van der Waals surface area contributed by atoms with Gasteiger partial charge in [0.15, 0.2) is 11.6 Å². The Balaban J connectivity index is 2.07. The number of rotatable bonds is 5. The molecule has 106 valence electrons. The second kappa shape index (κ2) is 6.42. The molecule has 0 fully saturated rings. The Bertz CT molecular complexity index is 596. The molecule has 1 N–H and O–H groups in total. The first-order valence-electron chi connectivity index (χ1n) is 6.82. The highest BCUT2D eigenvalue weighted by atomic mass is 19.1. The number of hydrogen-bond acceptors (Lipinski definition) is 2. The second-order valence-corrected chi connectivity index (χ2v) is 4.86. The number of aryl methyl sites for hydroxylation is 2. The lowest BCUT2D eigenvalue weighted by Gasteiger charge is -2.11. The predicted molar refractivity (Wildman–Crippen MR) is 80.8 cm³/mol. The Morgan fingerprint density at radius 1 is 1.10 bits per heavy atom. The van der Waals surface area contributed by atoms with E-state index in [0.29, 0.717) is 18.9 Å². The van der Waals surface area contributed by atoms with E-state index in [9.17, 15) is 4.39 Å². The van der Waals surface area contributed by atoms with Crippen molar-refractivity contribution in [2.75, 3.05) is 11.9 Å². The van der Waals surface area contributed by atoms with Gasteiger partial charge in [-0.05, 0) is 44.0 Å². The van der Waals surface area contributed by atoms with E-state index in [-0.39, 0.29) is 5.82 Å². The van der Waals surface area contributed by atoms with Crippen LogP contribution in [0, 0.1) is 19.7 Å². The highest BCUT2D eigenvalue weighted by molar-refractivity contribution is 5.48. The average Bonchev–Trinajstić information content (AvgIpc) is 2.43. The summed E-state index contributed by atoms with van der Waals surface area (Å²) in [5.74, 6) is -0.0393. The molecule has 0 bridgehead atoms. The van der Waals surface area contributed by atoms with Crippen molar-refractivity contribution in [3.63, 3.8) is 0 Å². The third kappa shape index (κ3) is 3.50. The van der Waals surface area contributed by atoms with Crippen molar-refractivity contribution < 1.29 is 9.13 Å². The third-order valence-electron chi connectivity index (χ3n) is 3.22. The van der Waals surface area contributed by atoms with Crippen molar-refractivity contribution in [2.24, 2.45) is 0 Å². The summed E-state index contributed by atoms with van der Waals surface area (Å²) < 4.78 is 18.9. The Morgan fingerprint density at radius 2 is 1.90 bits per heavy atom. The van der Waals surface area contributed by atoms with E-state index in [1.54, 1.807) is 6.07 Å².